The van der Waals surface area contributed by atoms with Crippen LogP contribution in [0.25, 0.3) is 0 Å². The SMILES string of the molecule is C[C@@H]1CN(c2ccc(C(=O)Nc3ccc(C(=O)N4CCCC4)cc3)cn2)C[C@@H](C)O1. The van der Waals surface area contributed by atoms with Crippen LogP contribution in [0.2, 0.25) is 0 Å². The molecule has 30 heavy (non-hydrogen) atoms. The van der Waals surface area contributed by atoms with Gasteiger partial charge in [0.25, 0.3) is 11.8 Å². The number of hydrogen-bond acceptors (Lipinski definition) is 5. The summed E-state index contributed by atoms with van der Waals surface area (Å²) in [5.74, 6) is 0.673. The molecule has 3 heterocycles. The van der Waals surface area contributed by atoms with Crippen LogP contribution in [0.15, 0.2) is 42.6 Å². The van der Waals surface area contributed by atoms with Crippen molar-refractivity contribution in [2.24, 2.45) is 0 Å². The van der Waals surface area contributed by atoms with Crippen LogP contribution in [0.5, 0.6) is 0 Å². The van der Waals surface area contributed by atoms with E-state index in [4.69, 9.17) is 4.74 Å². The third-order valence-corrected chi connectivity index (χ3v) is 5.54. The Bertz CT molecular complexity index is 882. The van der Waals surface area contributed by atoms with E-state index in [2.05, 4.69) is 29.0 Å². The fourth-order valence-corrected chi connectivity index (χ4v) is 4.07. The topological polar surface area (TPSA) is 74.8 Å². The number of hydrogen-bond donors (Lipinski definition) is 1. The van der Waals surface area contributed by atoms with Gasteiger partial charge in [-0.3, -0.25) is 9.59 Å². The maximum Gasteiger partial charge on any atom is 0.257 e. The van der Waals surface area contributed by atoms with Crippen LogP contribution in [0.3, 0.4) is 0 Å². The van der Waals surface area contributed by atoms with Crippen molar-refractivity contribution in [2.45, 2.75) is 38.9 Å². The molecule has 1 aromatic carbocycles. The molecule has 2 aromatic rings. The van der Waals surface area contributed by atoms with Gasteiger partial charge in [0.2, 0.25) is 0 Å². The zero-order valence-corrected chi connectivity index (χ0v) is 17.5. The van der Waals surface area contributed by atoms with Crippen molar-refractivity contribution < 1.29 is 14.3 Å². The largest absolute Gasteiger partial charge is 0.372 e. The average molecular weight is 409 g/mol. The molecule has 2 fully saturated rings. The van der Waals surface area contributed by atoms with Crippen LogP contribution in [-0.2, 0) is 4.74 Å². The summed E-state index contributed by atoms with van der Waals surface area (Å²) in [6.07, 6.45) is 4.03. The molecule has 0 spiro atoms. The third-order valence-electron chi connectivity index (χ3n) is 5.54. The van der Waals surface area contributed by atoms with E-state index in [1.54, 1.807) is 36.5 Å². The first-order valence-corrected chi connectivity index (χ1v) is 10.6. The Labute approximate surface area is 177 Å². The van der Waals surface area contributed by atoms with Gasteiger partial charge < -0.3 is 19.9 Å². The highest BCUT2D eigenvalue weighted by Gasteiger charge is 2.23. The molecule has 0 bridgehead atoms. The summed E-state index contributed by atoms with van der Waals surface area (Å²) in [4.78, 5) is 33.5. The van der Waals surface area contributed by atoms with Crippen molar-refractivity contribution in [1.82, 2.24) is 9.88 Å². The second-order valence-electron chi connectivity index (χ2n) is 8.10. The van der Waals surface area contributed by atoms with E-state index in [-0.39, 0.29) is 24.0 Å². The van der Waals surface area contributed by atoms with Gasteiger partial charge in [0.05, 0.1) is 17.8 Å². The van der Waals surface area contributed by atoms with Crippen LogP contribution in [0.4, 0.5) is 11.5 Å². The van der Waals surface area contributed by atoms with Crippen molar-refractivity contribution in [3.8, 4) is 0 Å². The molecule has 4 rings (SSSR count). The lowest BCUT2D eigenvalue weighted by molar-refractivity contribution is -0.00546. The summed E-state index contributed by atoms with van der Waals surface area (Å²) >= 11 is 0. The maximum atomic E-state index is 12.6. The van der Waals surface area contributed by atoms with Gasteiger partial charge in [0.1, 0.15) is 5.82 Å². The van der Waals surface area contributed by atoms with Gasteiger partial charge in [-0.2, -0.15) is 0 Å². The highest BCUT2D eigenvalue weighted by molar-refractivity contribution is 6.04. The molecule has 2 amide bonds. The van der Waals surface area contributed by atoms with E-state index < -0.39 is 0 Å². The molecule has 1 aromatic heterocycles. The Morgan fingerprint density at radius 1 is 0.967 bits per heavy atom. The lowest BCUT2D eigenvalue weighted by Crippen LogP contribution is -2.45. The summed E-state index contributed by atoms with van der Waals surface area (Å²) in [5, 5.41) is 2.87. The second-order valence-corrected chi connectivity index (χ2v) is 8.10. The molecule has 0 saturated carbocycles. The number of pyridine rings is 1. The van der Waals surface area contributed by atoms with E-state index in [1.165, 1.54) is 0 Å². The average Bonchev–Trinajstić information content (AvgIpc) is 3.28. The molecule has 1 N–H and O–H groups in total. The van der Waals surface area contributed by atoms with Crippen LogP contribution in [-0.4, -0.2) is 60.1 Å². The van der Waals surface area contributed by atoms with Crippen LogP contribution in [0, 0.1) is 0 Å². The number of likely N-dealkylation sites (tertiary alicyclic amines) is 1. The van der Waals surface area contributed by atoms with Crippen molar-refractivity contribution in [3.05, 3.63) is 53.7 Å². The predicted octanol–water partition coefficient (Wildman–Crippen LogP) is 3.18. The van der Waals surface area contributed by atoms with Gasteiger partial charge in [-0.25, -0.2) is 4.98 Å². The number of rotatable bonds is 4. The van der Waals surface area contributed by atoms with Gasteiger partial charge in [-0.1, -0.05) is 0 Å². The maximum absolute atomic E-state index is 12.6. The monoisotopic (exact) mass is 408 g/mol. The van der Waals surface area contributed by atoms with E-state index in [0.29, 0.717) is 16.8 Å². The zero-order chi connectivity index (χ0) is 21.1. The van der Waals surface area contributed by atoms with E-state index in [1.807, 2.05) is 11.0 Å². The highest BCUT2D eigenvalue weighted by atomic mass is 16.5. The molecular weight excluding hydrogens is 380 g/mol. The molecule has 2 atom stereocenters. The Morgan fingerprint density at radius 2 is 1.60 bits per heavy atom. The summed E-state index contributed by atoms with van der Waals surface area (Å²) < 4.78 is 5.76. The van der Waals surface area contributed by atoms with Crippen molar-refractivity contribution in [2.75, 3.05) is 36.4 Å². The van der Waals surface area contributed by atoms with Crippen molar-refractivity contribution in [3.63, 3.8) is 0 Å². The molecular formula is C23H28N4O3. The standard InChI is InChI=1S/C23H28N4O3/c1-16-14-27(15-17(2)30-16)21-10-7-19(13-24-21)22(28)25-20-8-5-18(6-9-20)23(29)26-11-3-4-12-26/h5-10,13,16-17H,3-4,11-12,14-15H2,1-2H3,(H,25,28)/t16-,17-/m1/s1. The van der Waals surface area contributed by atoms with Gasteiger partial charge in [-0.15, -0.1) is 0 Å². The number of nitrogens with zero attached hydrogens (tertiary/aromatic N) is 3. The number of amides is 2. The van der Waals surface area contributed by atoms with Gasteiger partial charge in [0, 0.05) is 43.6 Å². The fraction of sp³-hybridized carbons (Fsp3) is 0.435. The molecule has 7 heteroatoms. The zero-order valence-electron chi connectivity index (χ0n) is 17.5. The van der Waals surface area contributed by atoms with Crippen molar-refractivity contribution in [1.29, 1.82) is 0 Å². The molecule has 2 aliphatic rings. The minimum Gasteiger partial charge on any atom is -0.372 e. The number of carbonyl (C=O) groups is 2. The molecule has 2 saturated heterocycles. The summed E-state index contributed by atoms with van der Waals surface area (Å²) in [7, 11) is 0. The quantitative estimate of drug-likeness (QED) is 0.841. The molecule has 7 nitrogen and oxygen atoms in total. The van der Waals surface area contributed by atoms with E-state index in [0.717, 1.165) is 44.8 Å². The molecule has 158 valence electrons. The summed E-state index contributed by atoms with van der Waals surface area (Å²) in [6.45, 7) is 7.31. The van der Waals surface area contributed by atoms with Crippen molar-refractivity contribution >= 4 is 23.3 Å². The number of morpholine rings is 1. The minimum absolute atomic E-state index is 0.0527. The van der Waals surface area contributed by atoms with Crippen LogP contribution in [0.1, 0.15) is 47.4 Å². The van der Waals surface area contributed by atoms with E-state index >= 15 is 0 Å². The number of nitrogens with one attached hydrogen (secondary N) is 1. The number of carbonyl (C=O) groups excluding carboxylic acids is 2. The Balaban J connectivity index is 1.37. The smallest absolute Gasteiger partial charge is 0.257 e. The lowest BCUT2D eigenvalue weighted by atomic mass is 10.1. The number of aromatic nitrogens is 1. The number of anilines is 2. The first-order chi connectivity index (χ1) is 14.5. The molecule has 0 aliphatic carbocycles. The van der Waals surface area contributed by atoms with Crippen LogP contribution >= 0.6 is 0 Å². The normalized spacial score (nSPS) is 21.5. The van der Waals surface area contributed by atoms with E-state index in [9.17, 15) is 9.59 Å². The second kappa shape index (κ2) is 8.83. The first-order valence-electron chi connectivity index (χ1n) is 10.6. The Kier molecular flexibility index (Phi) is 5.99. The number of ether oxygens (including phenoxy) is 1. The van der Waals surface area contributed by atoms with Gasteiger partial charge in [-0.05, 0) is 63.1 Å². The highest BCUT2D eigenvalue weighted by Crippen LogP contribution is 2.19. The summed E-state index contributed by atoms with van der Waals surface area (Å²) in [6, 6.07) is 10.7. The fourth-order valence-electron chi connectivity index (χ4n) is 4.07. The Morgan fingerprint density at radius 3 is 2.20 bits per heavy atom. The third kappa shape index (κ3) is 4.62. The van der Waals surface area contributed by atoms with Gasteiger partial charge in [0.15, 0.2) is 0 Å². The predicted molar refractivity (Wildman–Crippen MR) is 116 cm³/mol. The number of benzene rings is 1. The first kappa shape index (κ1) is 20.3. The summed E-state index contributed by atoms with van der Waals surface area (Å²) in [5.41, 5.74) is 1.79. The molecule has 0 radical (unpaired) electrons. The van der Waals surface area contributed by atoms with Gasteiger partial charge >= 0.3 is 0 Å². The molecule has 2 aliphatic heterocycles. The Hall–Kier alpha value is -2.93. The lowest BCUT2D eigenvalue weighted by Gasteiger charge is -2.36. The minimum atomic E-state index is -0.226. The molecule has 0 unspecified atom stereocenters. The van der Waals surface area contributed by atoms with Crippen LogP contribution < -0.4 is 10.2 Å².